The highest BCUT2D eigenvalue weighted by Gasteiger charge is 2.26. The quantitative estimate of drug-likeness (QED) is 0.837. The molecule has 0 saturated carbocycles. The van der Waals surface area contributed by atoms with Crippen LogP contribution in [0.15, 0.2) is 42.7 Å². The van der Waals surface area contributed by atoms with Crippen molar-refractivity contribution in [2.75, 3.05) is 0 Å². The number of benzene rings is 1. The van der Waals surface area contributed by atoms with Crippen molar-refractivity contribution in [1.82, 2.24) is 4.98 Å². The Morgan fingerprint density at radius 2 is 1.78 bits per heavy atom. The first kappa shape index (κ1) is 17.6. The monoisotopic (exact) mass is 313 g/mol. The highest BCUT2D eigenvalue weighted by Crippen LogP contribution is 2.32. The van der Waals surface area contributed by atoms with Gasteiger partial charge < -0.3 is 9.84 Å². The minimum Gasteiger partial charge on any atom is -0.364 e. The number of ether oxygens (including phenoxy) is 1. The summed E-state index contributed by atoms with van der Waals surface area (Å²) < 4.78 is 5.91. The topological polar surface area (TPSA) is 42.4 Å². The molecular formula is C20H27NO2. The van der Waals surface area contributed by atoms with E-state index in [1.807, 2.05) is 38.1 Å². The summed E-state index contributed by atoms with van der Waals surface area (Å²) in [6, 6.07) is 9.85. The Bertz CT molecular complexity index is 657. The fraction of sp³-hybridized carbons (Fsp3) is 0.450. The maximum absolute atomic E-state index is 10.5. The number of aliphatic hydroxyl groups excluding tert-OH is 1. The molecule has 3 heteroatoms. The molecule has 2 aromatic rings. The largest absolute Gasteiger partial charge is 0.364 e. The Morgan fingerprint density at radius 1 is 1.09 bits per heavy atom. The van der Waals surface area contributed by atoms with Gasteiger partial charge in [0, 0.05) is 23.5 Å². The number of hydrogen-bond donors (Lipinski definition) is 1. The molecule has 1 aromatic carbocycles. The van der Waals surface area contributed by atoms with E-state index in [4.69, 9.17) is 4.74 Å². The molecule has 1 atom stereocenters. The second-order valence-electron chi connectivity index (χ2n) is 7.55. The molecule has 0 bridgehead atoms. The summed E-state index contributed by atoms with van der Waals surface area (Å²) in [5.41, 5.74) is 3.61. The standard InChI is InChI=1S/C20H27NO2/c1-14-12-15(9-10-17(14)19(2,3)4)18(22)23-20(5,6)16-8-7-11-21-13-16/h7-13,18,22H,1-6H3. The van der Waals surface area contributed by atoms with Gasteiger partial charge in [-0.3, -0.25) is 4.98 Å². The first-order valence-corrected chi connectivity index (χ1v) is 7.99. The van der Waals surface area contributed by atoms with Gasteiger partial charge in [-0.2, -0.15) is 0 Å². The third-order valence-electron chi connectivity index (χ3n) is 4.11. The Hall–Kier alpha value is -1.71. The van der Waals surface area contributed by atoms with Gasteiger partial charge in [-0.25, -0.2) is 0 Å². The van der Waals surface area contributed by atoms with E-state index in [9.17, 15) is 5.11 Å². The van der Waals surface area contributed by atoms with E-state index in [2.05, 4.69) is 38.7 Å². The molecule has 0 spiro atoms. The van der Waals surface area contributed by atoms with Gasteiger partial charge in [0.2, 0.25) is 0 Å². The van der Waals surface area contributed by atoms with Gasteiger partial charge in [0.25, 0.3) is 0 Å². The van der Waals surface area contributed by atoms with Crippen molar-refractivity contribution in [2.24, 2.45) is 0 Å². The minimum absolute atomic E-state index is 0.0867. The maximum atomic E-state index is 10.5. The first-order valence-electron chi connectivity index (χ1n) is 7.99. The van der Waals surface area contributed by atoms with Crippen molar-refractivity contribution >= 4 is 0 Å². The van der Waals surface area contributed by atoms with Crippen LogP contribution >= 0.6 is 0 Å². The van der Waals surface area contributed by atoms with Crippen LogP contribution in [0.4, 0.5) is 0 Å². The summed E-state index contributed by atoms with van der Waals surface area (Å²) >= 11 is 0. The maximum Gasteiger partial charge on any atom is 0.182 e. The van der Waals surface area contributed by atoms with Crippen LogP contribution in [0.5, 0.6) is 0 Å². The first-order chi connectivity index (χ1) is 10.6. The third-order valence-corrected chi connectivity index (χ3v) is 4.11. The molecule has 0 amide bonds. The number of pyridine rings is 1. The van der Waals surface area contributed by atoms with E-state index >= 15 is 0 Å². The SMILES string of the molecule is Cc1cc(C(O)OC(C)(C)c2cccnc2)ccc1C(C)(C)C. The second-order valence-corrected chi connectivity index (χ2v) is 7.55. The lowest BCUT2D eigenvalue weighted by atomic mass is 9.83. The van der Waals surface area contributed by atoms with Crippen LogP contribution in [0, 0.1) is 6.92 Å². The van der Waals surface area contributed by atoms with Gasteiger partial charge in [0.05, 0.1) is 5.60 Å². The van der Waals surface area contributed by atoms with Crippen molar-refractivity contribution < 1.29 is 9.84 Å². The zero-order chi connectivity index (χ0) is 17.3. The molecule has 0 aliphatic carbocycles. The van der Waals surface area contributed by atoms with Crippen LogP contribution in [0.2, 0.25) is 0 Å². The molecule has 3 nitrogen and oxygen atoms in total. The van der Waals surface area contributed by atoms with E-state index in [1.165, 1.54) is 5.56 Å². The highest BCUT2D eigenvalue weighted by atomic mass is 16.6. The summed E-state index contributed by atoms with van der Waals surface area (Å²) in [4.78, 5) is 4.12. The number of rotatable bonds is 4. The Morgan fingerprint density at radius 3 is 2.30 bits per heavy atom. The highest BCUT2D eigenvalue weighted by molar-refractivity contribution is 5.36. The van der Waals surface area contributed by atoms with Crippen molar-refractivity contribution in [1.29, 1.82) is 0 Å². The van der Waals surface area contributed by atoms with E-state index < -0.39 is 11.9 Å². The molecule has 1 heterocycles. The molecule has 0 aliphatic rings. The zero-order valence-corrected chi connectivity index (χ0v) is 14.9. The molecule has 2 rings (SSSR count). The molecule has 23 heavy (non-hydrogen) atoms. The average molecular weight is 313 g/mol. The Kier molecular flexibility index (Phi) is 4.92. The molecule has 1 N–H and O–H groups in total. The fourth-order valence-electron chi connectivity index (χ4n) is 2.82. The molecule has 0 aliphatic heterocycles. The lowest BCUT2D eigenvalue weighted by molar-refractivity contribution is -0.181. The van der Waals surface area contributed by atoms with Gasteiger partial charge in [-0.1, -0.05) is 45.0 Å². The van der Waals surface area contributed by atoms with Crippen LogP contribution in [0.1, 0.15) is 63.2 Å². The van der Waals surface area contributed by atoms with Crippen LogP contribution in [-0.2, 0) is 15.8 Å². The van der Waals surface area contributed by atoms with Crippen LogP contribution < -0.4 is 0 Å². The summed E-state index contributed by atoms with van der Waals surface area (Å²) in [5.74, 6) is 0. The third kappa shape index (κ3) is 4.18. The van der Waals surface area contributed by atoms with E-state index in [1.54, 1.807) is 12.4 Å². The summed E-state index contributed by atoms with van der Waals surface area (Å²) in [7, 11) is 0. The van der Waals surface area contributed by atoms with E-state index in [0.29, 0.717) is 0 Å². The van der Waals surface area contributed by atoms with Crippen LogP contribution in [-0.4, -0.2) is 10.1 Å². The van der Waals surface area contributed by atoms with Crippen LogP contribution in [0.25, 0.3) is 0 Å². The minimum atomic E-state index is -0.974. The summed E-state index contributed by atoms with van der Waals surface area (Å²) in [6.07, 6.45) is 2.52. The van der Waals surface area contributed by atoms with Crippen LogP contribution in [0.3, 0.4) is 0 Å². The smallest absolute Gasteiger partial charge is 0.182 e. The number of hydrogen-bond acceptors (Lipinski definition) is 3. The zero-order valence-electron chi connectivity index (χ0n) is 14.9. The van der Waals surface area contributed by atoms with Gasteiger partial charge in [-0.05, 0) is 43.4 Å². The van der Waals surface area contributed by atoms with Crippen molar-refractivity contribution in [3.05, 3.63) is 65.0 Å². The fourth-order valence-corrected chi connectivity index (χ4v) is 2.82. The van der Waals surface area contributed by atoms with Crippen molar-refractivity contribution in [3.63, 3.8) is 0 Å². The normalized spacial score (nSPS) is 13.9. The van der Waals surface area contributed by atoms with Gasteiger partial charge in [0.1, 0.15) is 0 Å². The number of aryl methyl sites for hydroxylation is 1. The average Bonchev–Trinajstić information content (AvgIpc) is 2.46. The Labute approximate surface area is 139 Å². The lowest BCUT2D eigenvalue weighted by Gasteiger charge is -2.29. The molecular weight excluding hydrogens is 286 g/mol. The summed E-state index contributed by atoms with van der Waals surface area (Å²) in [6.45, 7) is 12.5. The molecule has 0 saturated heterocycles. The second kappa shape index (κ2) is 6.42. The van der Waals surface area contributed by atoms with Gasteiger partial charge >= 0.3 is 0 Å². The van der Waals surface area contributed by atoms with E-state index in [0.717, 1.165) is 16.7 Å². The predicted octanol–water partition coefficient (Wildman–Crippen LogP) is 4.63. The molecule has 0 radical (unpaired) electrons. The van der Waals surface area contributed by atoms with Gasteiger partial charge in [-0.15, -0.1) is 0 Å². The van der Waals surface area contributed by atoms with Crippen molar-refractivity contribution in [3.8, 4) is 0 Å². The molecule has 0 fully saturated rings. The molecule has 124 valence electrons. The van der Waals surface area contributed by atoms with E-state index in [-0.39, 0.29) is 5.41 Å². The lowest BCUT2D eigenvalue weighted by Crippen LogP contribution is -2.24. The molecule has 1 aromatic heterocycles. The number of aliphatic hydroxyl groups is 1. The van der Waals surface area contributed by atoms with Gasteiger partial charge in [0.15, 0.2) is 6.29 Å². The number of aromatic nitrogens is 1. The summed E-state index contributed by atoms with van der Waals surface area (Å²) in [5, 5.41) is 10.5. The predicted molar refractivity (Wildman–Crippen MR) is 93.2 cm³/mol. The van der Waals surface area contributed by atoms with Crippen molar-refractivity contribution in [2.45, 2.75) is 58.8 Å². The number of nitrogens with zero attached hydrogens (tertiary/aromatic N) is 1. The molecule has 1 unspecified atom stereocenters. The Balaban J connectivity index is 2.21.